The van der Waals surface area contributed by atoms with Crippen molar-refractivity contribution in [3.05, 3.63) is 78.1 Å². The van der Waals surface area contributed by atoms with Crippen LogP contribution in [0.4, 0.5) is 15.8 Å². The first-order valence-corrected chi connectivity index (χ1v) is 10.5. The van der Waals surface area contributed by atoms with Gasteiger partial charge in [-0.25, -0.2) is 4.39 Å². The van der Waals surface area contributed by atoms with E-state index in [1.54, 1.807) is 59.5 Å². The maximum Gasteiger partial charge on any atom is 0.231 e. The third kappa shape index (κ3) is 4.59. The molecule has 2 amide bonds. The fourth-order valence-corrected chi connectivity index (χ4v) is 3.84. The quantitative estimate of drug-likeness (QED) is 0.614. The number of nitrogens with one attached hydrogen (secondary N) is 1. The lowest BCUT2D eigenvalue weighted by molar-refractivity contribution is -0.122. The van der Waals surface area contributed by atoms with Crippen LogP contribution in [0.1, 0.15) is 12.0 Å². The van der Waals surface area contributed by atoms with E-state index in [2.05, 4.69) is 5.32 Å². The first-order chi connectivity index (χ1) is 16.0. The summed E-state index contributed by atoms with van der Waals surface area (Å²) < 4.78 is 29.5. The minimum absolute atomic E-state index is 0.120. The number of carbonyl (C=O) groups is 2. The van der Waals surface area contributed by atoms with E-state index < -0.39 is 5.92 Å². The Morgan fingerprint density at radius 1 is 1.06 bits per heavy atom. The number of hydrogen-bond donors (Lipinski definition) is 1. The predicted octanol–water partition coefficient (Wildman–Crippen LogP) is 4.13. The third-order valence-corrected chi connectivity index (χ3v) is 5.58. The molecule has 2 aliphatic heterocycles. The lowest BCUT2D eigenvalue weighted by Gasteiger charge is -2.17. The molecule has 168 valence electrons. The minimum Gasteiger partial charge on any atom is -0.489 e. The van der Waals surface area contributed by atoms with E-state index in [-0.39, 0.29) is 44.0 Å². The monoisotopic (exact) mass is 448 g/mol. The maximum atomic E-state index is 13.0. The van der Waals surface area contributed by atoms with Gasteiger partial charge in [-0.15, -0.1) is 0 Å². The number of rotatable bonds is 6. The molecule has 0 spiro atoms. The van der Waals surface area contributed by atoms with Gasteiger partial charge in [-0.05, 0) is 42.0 Å². The van der Waals surface area contributed by atoms with Crippen LogP contribution in [-0.4, -0.2) is 25.2 Å². The van der Waals surface area contributed by atoms with Gasteiger partial charge in [0.15, 0.2) is 11.5 Å². The Balaban J connectivity index is 1.20. The lowest BCUT2D eigenvalue weighted by atomic mass is 10.1. The molecule has 7 nitrogen and oxygen atoms in total. The number of fused-ring (bicyclic) bond motifs is 1. The first-order valence-electron chi connectivity index (χ1n) is 10.5. The Bertz CT molecular complexity index is 1200. The Kier molecular flexibility index (Phi) is 5.56. The van der Waals surface area contributed by atoms with Gasteiger partial charge in [-0.3, -0.25) is 9.59 Å². The first kappa shape index (κ1) is 20.8. The minimum atomic E-state index is -0.480. The molecular weight excluding hydrogens is 427 g/mol. The number of hydrogen-bond acceptors (Lipinski definition) is 5. The Morgan fingerprint density at radius 2 is 1.88 bits per heavy atom. The maximum absolute atomic E-state index is 13.0. The number of amides is 2. The van der Waals surface area contributed by atoms with Crippen molar-refractivity contribution in [3.8, 4) is 17.2 Å². The molecule has 8 heteroatoms. The summed E-state index contributed by atoms with van der Waals surface area (Å²) in [7, 11) is 0. The fraction of sp³-hybridized carbons (Fsp3) is 0.200. The molecule has 33 heavy (non-hydrogen) atoms. The fourth-order valence-electron chi connectivity index (χ4n) is 3.84. The molecule has 2 aliphatic rings. The number of nitrogens with zero attached hydrogens (tertiary/aromatic N) is 1. The largest absolute Gasteiger partial charge is 0.489 e. The lowest BCUT2D eigenvalue weighted by Crippen LogP contribution is -2.28. The highest BCUT2D eigenvalue weighted by molar-refractivity contribution is 6.03. The van der Waals surface area contributed by atoms with Crippen molar-refractivity contribution in [2.24, 2.45) is 5.92 Å². The molecule has 3 aromatic carbocycles. The van der Waals surface area contributed by atoms with Crippen molar-refractivity contribution in [1.82, 2.24) is 0 Å². The van der Waals surface area contributed by atoms with Crippen molar-refractivity contribution in [3.63, 3.8) is 0 Å². The van der Waals surface area contributed by atoms with E-state index in [0.717, 1.165) is 5.56 Å². The second-order valence-electron chi connectivity index (χ2n) is 7.88. The van der Waals surface area contributed by atoms with Gasteiger partial charge in [-0.1, -0.05) is 18.2 Å². The zero-order valence-electron chi connectivity index (χ0n) is 17.6. The van der Waals surface area contributed by atoms with Gasteiger partial charge < -0.3 is 24.4 Å². The standard InChI is InChI=1S/C25H21FN2O5/c26-18-6-4-16(5-7-18)14-31-21-3-1-2-19(11-21)27-25(30)17-10-24(29)28(13-17)20-8-9-22-23(12-20)33-15-32-22/h1-9,11-12,17H,10,13-15H2,(H,27,30)/t17-/m0/s1. The summed E-state index contributed by atoms with van der Waals surface area (Å²) in [4.78, 5) is 27.0. The summed E-state index contributed by atoms with van der Waals surface area (Å²) in [6.45, 7) is 0.717. The van der Waals surface area contributed by atoms with Crippen molar-refractivity contribution in [2.45, 2.75) is 13.0 Å². The summed E-state index contributed by atoms with van der Waals surface area (Å²) >= 11 is 0. The molecule has 0 radical (unpaired) electrons. The van der Waals surface area contributed by atoms with E-state index in [1.165, 1.54) is 12.1 Å². The Hall–Kier alpha value is -4.07. The van der Waals surface area contributed by atoms with Crippen LogP contribution in [0.5, 0.6) is 17.2 Å². The number of benzene rings is 3. The van der Waals surface area contributed by atoms with E-state index >= 15 is 0 Å². The highest BCUT2D eigenvalue weighted by Gasteiger charge is 2.35. The van der Waals surface area contributed by atoms with Gasteiger partial charge in [0.1, 0.15) is 18.2 Å². The van der Waals surface area contributed by atoms with Gasteiger partial charge in [-0.2, -0.15) is 0 Å². The topological polar surface area (TPSA) is 77.1 Å². The van der Waals surface area contributed by atoms with Crippen LogP contribution in [0.3, 0.4) is 0 Å². The van der Waals surface area contributed by atoms with E-state index in [9.17, 15) is 14.0 Å². The molecule has 0 bridgehead atoms. The van der Waals surface area contributed by atoms with Gasteiger partial charge in [0, 0.05) is 36.5 Å². The third-order valence-electron chi connectivity index (χ3n) is 5.58. The molecule has 0 aliphatic carbocycles. The van der Waals surface area contributed by atoms with Crippen molar-refractivity contribution < 1.29 is 28.2 Å². The second-order valence-corrected chi connectivity index (χ2v) is 7.88. The normalized spacial score (nSPS) is 16.7. The van der Waals surface area contributed by atoms with Crippen molar-refractivity contribution >= 4 is 23.2 Å². The van der Waals surface area contributed by atoms with Crippen LogP contribution >= 0.6 is 0 Å². The zero-order valence-corrected chi connectivity index (χ0v) is 17.6. The highest BCUT2D eigenvalue weighted by atomic mass is 19.1. The smallest absolute Gasteiger partial charge is 0.231 e. The number of carbonyl (C=O) groups excluding carboxylic acids is 2. The summed E-state index contributed by atoms with van der Waals surface area (Å²) in [6, 6.07) is 18.4. The van der Waals surface area contributed by atoms with Gasteiger partial charge in [0.05, 0.1) is 5.92 Å². The van der Waals surface area contributed by atoms with Crippen LogP contribution < -0.4 is 24.4 Å². The van der Waals surface area contributed by atoms with Crippen molar-refractivity contribution in [2.75, 3.05) is 23.6 Å². The molecule has 3 aromatic rings. The summed E-state index contributed by atoms with van der Waals surface area (Å²) in [5.74, 6) is 0.666. The SMILES string of the molecule is O=C(Nc1cccc(OCc2ccc(F)cc2)c1)[C@H]1CC(=O)N(c2ccc3c(c2)OCO3)C1. The van der Waals surface area contributed by atoms with E-state index in [1.807, 2.05) is 0 Å². The van der Waals surface area contributed by atoms with Crippen molar-refractivity contribution in [1.29, 1.82) is 0 Å². The molecule has 5 rings (SSSR count). The number of anilines is 2. The second kappa shape index (κ2) is 8.82. The summed E-state index contributed by atoms with van der Waals surface area (Å²) in [6.07, 6.45) is 0.126. The van der Waals surface area contributed by atoms with E-state index in [0.29, 0.717) is 28.6 Å². The van der Waals surface area contributed by atoms with E-state index in [4.69, 9.17) is 14.2 Å². The molecule has 1 saturated heterocycles. The summed E-state index contributed by atoms with van der Waals surface area (Å²) in [5, 5.41) is 2.87. The zero-order chi connectivity index (χ0) is 22.8. The summed E-state index contributed by atoms with van der Waals surface area (Å²) in [5.41, 5.74) is 2.08. The highest BCUT2D eigenvalue weighted by Crippen LogP contribution is 2.37. The molecular formula is C25H21FN2O5. The number of ether oxygens (including phenoxy) is 3. The van der Waals surface area contributed by atoms with Crippen LogP contribution in [0, 0.1) is 11.7 Å². The molecule has 0 saturated carbocycles. The molecule has 2 heterocycles. The Labute approximate surface area is 189 Å². The van der Waals surface area contributed by atoms with Gasteiger partial charge in [0.25, 0.3) is 0 Å². The molecule has 1 fully saturated rings. The Morgan fingerprint density at radius 3 is 2.73 bits per heavy atom. The van der Waals surface area contributed by atoms with Crippen LogP contribution in [0.25, 0.3) is 0 Å². The molecule has 1 N–H and O–H groups in total. The predicted molar refractivity (Wildman–Crippen MR) is 119 cm³/mol. The van der Waals surface area contributed by atoms with Gasteiger partial charge >= 0.3 is 0 Å². The van der Waals surface area contributed by atoms with Gasteiger partial charge in [0.2, 0.25) is 18.6 Å². The van der Waals surface area contributed by atoms with Crippen LogP contribution in [0.2, 0.25) is 0 Å². The van der Waals surface area contributed by atoms with Crippen LogP contribution in [0.15, 0.2) is 66.7 Å². The molecule has 0 unspecified atom stereocenters. The molecule has 0 aromatic heterocycles. The average molecular weight is 448 g/mol. The number of halogens is 1. The van der Waals surface area contributed by atoms with Crippen LogP contribution in [-0.2, 0) is 16.2 Å². The average Bonchev–Trinajstić information content (AvgIpc) is 3.45. The molecule has 1 atom stereocenters.